The second-order valence-corrected chi connectivity index (χ2v) is 5.95. The van der Waals surface area contributed by atoms with Crippen LogP contribution in [0.5, 0.6) is 0 Å². The van der Waals surface area contributed by atoms with E-state index in [9.17, 15) is 9.59 Å². The summed E-state index contributed by atoms with van der Waals surface area (Å²) in [4.78, 5) is 23.0. The van der Waals surface area contributed by atoms with Crippen LogP contribution in [0.25, 0.3) is 0 Å². The van der Waals surface area contributed by atoms with Crippen LogP contribution < -0.4 is 0 Å². The summed E-state index contributed by atoms with van der Waals surface area (Å²) in [5.74, 6) is -2.38. The van der Waals surface area contributed by atoms with E-state index in [1.807, 2.05) is 0 Å². The van der Waals surface area contributed by atoms with E-state index >= 15 is 0 Å². The zero-order valence-electron chi connectivity index (χ0n) is 8.02. The smallest absolute Gasteiger partial charge is 0.344 e. The third kappa shape index (κ3) is 3.01. The Morgan fingerprint density at radius 3 is 2.18 bits per heavy atom. The van der Waals surface area contributed by atoms with E-state index in [1.165, 1.54) is 0 Å². The minimum Gasteiger partial charge on any atom is -0.465 e. The number of rotatable bonds is 1. The summed E-state index contributed by atoms with van der Waals surface area (Å²) in [5, 5.41) is 0. The van der Waals surface area contributed by atoms with Crippen LogP contribution in [0.4, 0.5) is 0 Å². The lowest BCUT2D eigenvalue weighted by atomic mass is 10.1. The van der Waals surface area contributed by atoms with Crippen molar-refractivity contribution in [3.8, 4) is 0 Å². The van der Waals surface area contributed by atoms with Gasteiger partial charge in [-0.2, -0.15) is 0 Å². The molecular weight excluding hydrogens is 337 g/mol. The van der Waals surface area contributed by atoms with Crippen molar-refractivity contribution in [1.29, 1.82) is 0 Å². The van der Waals surface area contributed by atoms with Crippen molar-refractivity contribution in [1.82, 2.24) is 0 Å². The number of carbonyl (C=O) groups excluding carboxylic acids is 2. The van der Waals surface area contributed by atoms with Crippen molar-refractivity contribution in [2.45, 2.75) is 3.79 Å². The molecule has 0 aromatic heterocycles. The van der Waals surface area contributed by atoms with E-state index in [1.54, 1.807) is 0 Å². The van der Waals surface area contributed by atoms with Crippen molar-refractivity contribution in [3.63, 3.8) is 0 Å². The summed E-state index contributed by atoms with van der Waals surface area (Å²) >= 11 is 27.6. The van der Waals surface area contributed by atoms with Crippen molar-refractivity contribution in [2.75, 3.05) is 7.11 Å². The van der Waals surface area contributed by atoms with E-state index in [2.05, 4.69) is 9.47 Å². The second-order valence-electron chi connectivity index (χ2n) is 2.72. The maximum atomic E-state index is 11.5. The van der Waals surface area contributed by atoms with Gasteiger partial charge in [0.2, 0.25) is 3.79 Å². The third-order valence-electron chi connectivity index (χ3n) is 1.72. The number of halogens is 5. The number of cyclic esters (lactones) is 1. The van der Waals surface area contributed by atoms with E-state index in [-0.39, 0.29) is 0 Å². The maximum absolute atomic E-state index is 11.5. The molecule has 0 aromatic rings. The predicted octanol–water partition coefficient (Wildman–Crippen LogP) is 3.03. The highest BCUT2D eigenvalue weighted by Crippen LogP contribution is 2.44. The summed E-state index contributed by atoms with van der Waals surface area (Å²) < 4.78 is 6.46. The van der Waals surface area contributed by atoms with Crippen LogP contribution in [-0.4, -0.2) is 22.8 Å². The zero-order chi connectivity index (χ0) is 13.4. The van der Waals surface area contributed by atoms with E-state index in [0.717, 1.165) is 7.11 Å². The van der Waals surface area contributed by atoms with Gasteiger partial charge in [-0.25, -0.2) is 9.59 Å². The van der Waals surface area contributed by atoms with Gasteiger partial charge in [-0.1, -0.05) is 58.0 Å². The Kier molecular flexibility index (Phi) is 4.60. The van der Waals surface area contributed by atoms with Crippen LogP contribution in [0.2, 0.25) is 0 Å². The number of methoxy groups -OCH3 is 1. The molecule has 0 spiro atoms. The average molecular weight is 340 g/mol. The topological polar surface area (TPSA) is 52.6 Å². The highest BCUT2D eigenvalue weighted by molar-refractivity contribution is 6.71. The van der Waals surface area contributed by atoms with Crippen molar-refractivity contribution in [2.24, 2.45) is 0 Å². The number of esters is 2. The molecule has 0 aliphatic carbocycles. The average Bonchev–Trinajstić information content (AvgIpc) is 2.54. The van der Waals surface area contributed by atoms with Gasteiger partial charge in [-0.15, -0.1) is 0 Å². The fourth-order valence-corrected chi connectivity index (χ4v) is 1.88. The SMILES string of the molecule is COC(=O)C1=C(C(Cl)(Cl)Cl)C(=O)OC1=C(Cl)Cl. The van der Waals surface area contributed by atoms with Gasteiger partial charge in [0.25, 0.3) is 0 Å². The largest absolute Gasteiger partial charge is 0.465 e. The Morgan fingerprint density at radius 1 is 1.29 bits per heavy atom. The van der Waals surface area contributed by atoms with Crippen molar-refractivity contribution < 1.29 is 19.1 Å². The first kappa shape index (κ1) is 14.9. The molecule has 0 bridgehead atoms. The lowest BCUT2D eigenvalue weighted by Crippen LogP contribution is -2.17. The molecule has 17 heavy (non-hydrogen) atoms. The first-order valence-corrected chi connectivity index (χ1v) is 5.76. The van der Waals surface area contributed by atoms with Crippen LogP contribution >= 0.6 is 58.0 Å². The lowest BCUT2D eigenvalue weighted by Gasteiger charge is -2.10. The number of ether oxygens (including phenoxy) is 2. The van der Waals surface area contributed by atoms with Crippen molar-refractivity contribution >= 4 is 69.9 Å². The normalized spacial score (nSPS) is 16.1. The zero-order valence-corrected chi connectivity index (χ0v) is 11.8. The van der Waals surface area contributed by atoms with E-state index < -0.39 is 37.1 Å². The van der Waals surface area contributed by atoms with Gasteiger partial charge in [-0.05, 0) is 0 Å². The van der Waals surface area contributed by atoms with Crippen molar-refractivity contribution in [3.05, 3.63) is 21.4 Å². The predicted molar refractivity (Wildman–Crippen MR) is 64.2 cm³/mol. The van der Waals surface area contributed by atoms with Crippen LogP contribution in [0.15, 0.2) is 21.4 Å². The first-order chi connectivity index (χ1) is 7.70. The Hall–Kier alpha value is -0.130. The summed E-state index contributed by atoms with van der Waals surface area (Å²) in [7, 11) is 1.08. The van der Waals surface area contributed by atoms with Crippen LogP contribution in [0.1, 0.15) is 0 Å². The molecule has 1 aliphatic heterocycles. The van der Waals surface area contributed by atoms with Gasteiger partial charge in [0.15, 0.2) is 5.76 Å². The summed E-state index contributed by atoms with van der Waals surface area (Å²) in [6.45, 7) is 0. The highest BCUT2D eigenvalue weighted by Gasteiger charge is 2.46. The van der Waals surface area contributed by atoms with Crippen LogP contribution in [0, 0.1) is 0 Å². The highest BCUT2D eigenvalue weighted by atomic mass is 35.6. The Balaban J connectivity index is 3.52. The molecule has 0 fully saturated rings. The summed E-state index contributed by atoms with van der Waals surface area (Å²) in [6.07, 6.45) is 0. The molecule has 1 heterocycles. The number of hydrogen-bond donors (Lipinski definition) is 0. The number of hydrogen-bond acceptors (Lipinski definition) is 4. The molecule has 0 aromatic carbocycles. The van der Waals surface area contributed by atoms with Gasteiger partial charge >= 0.3 is 11.9 Å². The fraction of sp³-hybridized carbons (Fsp3) is 0.250. The van der Waals surface area contributed by atoms with Gasteiger partial charge in [0.1, 0.15) is 15.6 Å². The van der Waals surface area contributed by atoms with E-state index in [0.29, 0.717) is 0 Å². The second kappa shape index (κ2) is 5.24. The Bertz CT molecular complexity index is 441. The first-order valence-electron chi connectivity index (χ1n) is 3.87. The molecule has 0 atom stereocenters. The quantitative estimate of drug-likeness (QED) is 0.544. The number of alkyl halides is 3. The van der Waals surface area contributed by atoms with Gasteiger partial charge < -0.3 is 9.47 Å². The summed E-state index contributed by atoms with van der Waals surface area (Å²) in [5.41, 5.74) is -0.902. The lowest BCUT2D eigenvalue weighted by molar-refractivity contribution is -0.136. The number of carbonyl (C=O) groups is 2. The molecule has 0 radical (unpaired) electrons. The molecule has 1 rings (SSSR count). The molecule has 0 saturated heterocycles. The fourth-order valence-electron chi connectivity index (χ4n) is 1.10. The van der Waals surface area contributed by atoms with Crippen LogP contribution in [-0.2, 0) is 19.1 Å². The Labute approximate surface area is 121 Å². The molecule has 94 valence electrons. The van der Waals surface area contributed by atoms with E-state index in [4.69, 9.17) is 58.0 Å². The molecular formula is C8H3Cl5O4. The Morgan fingerprint density at radius 2 is 1.82 bits per heavy atom. The monoisotopic (exact) mass is 338 g/mol. The van der Waals surface area contributed by atoms with Crippen LogP contribution in [0.3, 0.4) is 0 Å². The molecule has 9 heteroatoms. The molecule has 0 amide bonds. The molecule has 0 N–H and O–H groups in total. The minimum absolute atomic E-state index is 0.397. The molecule has 1 aliphatic rings. The molecule has 0 saturated carbocycles. The van der Waals surface area contributed by atoms with Gasteiger partial charge in [0, 0.05) is 0 Å². The third-order valence-corrected chi connectivity index (χ3v) is 2.63. The van der Waals surface area contributed by atoms with Gasteiger partial charge in [-0.3, -0.25) is 0 Å². The summed E-state index contributed by atoms with van der Waals surface area (Å²) in [6, 6.07) is 0. The standard InChI is InChI=1S/C8H3Cl5O4/c1-16-6(14)2-3(8(11,12)13)7(15)17-4(2)5(9)10/h1H3. The maximum Gasteiger partial charge on any atom is 0.344 e. The molecule has 4 nitrogen and oxygen atoms in total. The van der Waals surface area contributed by atoms with Gasteiger partial charge in [0.05, 0.1) is 7.11 Å². The minimum atomic E-state index is -2.16. The molecule has 0 unspecified atom stereocenters.